The van der Waals surface area contributed by atoms with Crippen molar-refractivity contribution in [2.75, 3.05) is 25.3 Å². The molecule has 0 spiro atoms. The number of benzene rings is 1. The smallest absolute Gasteiger partial charge is 0.311 e. The highest BCUT2D eigenvalue weighted by atomic mass is 32.2. The lowest BCUT2D eigenvalue weighted by atomic mass is 10.2. The van der Waals surface area contributed by atoms with E-state index in [0.717, 1.165) is 5.56 Å². The molecule has 1 amide bonds. The standard InChI is InChI=1S/C16H17N3O5S/c1-23-14-6-5-11(8-13(14)19(21)22)9-25-10-15(20)18-12-4-3-7-17-16(12)24-2/h3-8H,9-10H2,1-2H3,(H,18,20). The predicted octanol–water partition coefficient (Wildman–Crippen LogP) is 2.88. The second kappa shape index (κ2) is 8.88. The van der Waals surface area contributed by atoms with Crippen molar-refractivity contribution in [1.82, 2.24) is 4.98 Å². The maximum atomic E-state index is 12.0. The van der Waals surface area contributed by atoms with Gasteiger partial charge in [-0.05, 0) is 23.8 Å². The molecule has 0 aliphatic rings. The number of thioether (sulfide) groups is 1. The third-order valence-corrected chi connectivity index (χ3v) is 4.18. The molecule has 1 aromatic carbocycles. The van der Waals surface area contributed by atoms with Gasteiger partial charge in [0.2, 0.25) is 11.8 Å². The average molecular weight is 363 g/mol. The first-order chi connectivity index (χ1) is 12.0. The Morgan fingerprint density at radius 1 is 1.32 bits per heavy atom. The molecule has 1 aromatic heterocycles. The van der Waals surface area contributed by atoms with Crippen molar-refractivity contribution in [3.63, 3.8) is 0 Å². The summed E-state index contributed by atoms with van der Waals surface area (Å²) in [6, 6.07) is 8.13. The number of carbonyl (C=O) groups excluding carboxylic acids is 1. The molecule has 2 rings (SSSR count). The van der Waals surface area contributed by atoms with E-state index >= 15 is 0 Å². The van der Waals surface area contributed by atoms with Crippen LogP contribution >= 0.6 is 11.8 Å². The van der Waals surface area contributed by atoms with Crippen LogP contribution in [0.5, 0.6) is 11.6 Å². The zero-order valence-electron chi connectivity index (χ0n) is 13.7. The fourth-order valence-corrected chi connectivity index (χ4v) is 2.84. The normalized spacial score (nSPS) is 10.2. The lowest BCUT2D eigenvalue weighted by molar-refractivity contribution is -0.385. The minimum Gasteiger partial charge on any atom is -0.490 e. The molecule has 8 nitrogen and oxygen atoms in total. The molecule has 0 aliphatic heterocycles. The first kappa shape index (κ1) is 18.5. The molecule has 9 heteroatoms. The van der Waals surface area contributed by atoms with Crippen LogP contribution in [0.2, 0.25) is 0 Å². The number of nitrogens with one attached hydrogen (secondary N) is 1. The van der Waals surface area contributed by atoms with Crippen molar-refractivity contribution in [2.45, 2.75) is 5.75 Å². The Kier molecular flexibility index (Phi) is 6.58. The van der Waals surface area contributed by atoms with E-state index < -0.39 is 4.92 Å². The van der Waals surface area contributed by atoms with Gasteiger partial charge in [0.1, 0.15) is 5.69 Å². The first-order valence-electron chi connectivity index (χ1n) is 7.23. The van der Waals surface area contributed by atoms with Gasteiger partial charge in [-0.3, -0.25) is 14.9 Å². The van der Waals surface area contributed by atoms with Crippen LogP contribution in [0, 0.1) is 10.1 Å². The van der Waals surface area contributed by atoms with Gasteiger partial charge in [-0.15, -0.1) is 11.8 Å². The number of carbonyl (C=O) groups is 1. The van der Waals surface area contributed by atoms with E-state index in [9.17, 15) is 14.9 Å². The molecule has 0 atom stereocenters. The summed E-state index contributed by atoms with van der Waals surface area (Å²) in [5.41, 5.74) is 1.14. The molecule has 0 saturated carbocycles. The van der Waals surface area contributed by atoms with E-state index in [1.54, 1.807) is 30.5 Å². The number of hydrogen-bond acceptors (Lipinski definition) is 7. The largest absolute Gasteiger partial charge is 0.490 e. The van der Waals surface area contributed by atoms with Crippen LogP contribution in [-0.4, -0.2) is 35.8 Å². The number of pyridine rings is 1. The number of rotatable bonds is 8. The maximum absolute atomic E-state index is 12.0. The molecule has 0 aliphatic carbocycles. The highest BCUT2D eigenvalue weighted by Gasteiger charge is 2.15. The highest BCUT2D eigenvalue weighted by Crippen LogP contribution is 2.29. The predicted molar refractivity (Wildman–Crippen MR) is 95.2 cm³/mol. The Morgan fingerprint density at radius 3 is 2.80 bits per heavy atom. The van der Waals surface area contributed by atoms with Gasteiger partial charge >= 0.3 is 5.69 Å². The monoisotopic (exact) mass is 363 g/mol. The third-order valence-electron chi connectivity index (χ3n) is 3.18. The number of nitro benzene ring substituents is 1. The molecular formula is C16H17N3O5S. The number of nitro groups is 1. The van der Waals surface area contributed by atoms with Crippen molar-refractivity contribution >= 4 is 29.0 Å². The zero-order chi connectivity index (χ0) is 18.2. The fraction of sp³-hybridized carbons (Fsp3) is 0.250. The molecule has 2 aromatic rings. The van der Waals surface area contributed by atoms with Crippen LogP contribution in [0.1, 0.15) is 5.56 Å². The molecule has 0 saturated heterocycles. The molecule has 1 heterocycles. The van der Waals surface area contributed by atoms with Crippen molar-refractivity contribution in [3.8, 4) is 11.6 Å². The van der Waals surface area contributed by atoms with E-state index in [-0.39, 0.29) is 23.1 Å². The van der Waals surface area contributed by atoms with Gasteiger partial charge in [-0.25, -0.2) is 4.98 Å². The summed E-state index contributed by atoms with van der Waals surface area (Å²) >= 11 is 1.34. The first-order valence-corrected chi connectivity index (χ1v) is 8.38. The maximum Gasteiger partial charge on any atom is 0.311 e. The molecule has 132 valence electrons. The molecule has 0 bridgehead atoms. The van der Waals surface area contributed by atoms with Crippen LogP contribution in [-0.2, 0) is 10.5 Å². The number of aromatic nitrogens is 1. The van der Waals surface area contributed by atoms with Crippen LogP contribution < -0.4 is 14.8 Å². The van der Waals surface area contributed by atoms with Crippen LogP contribution in [0.3, 0.4) is 0 Å². The summed E-state index contributed by atoms with van der Waals surface area (Å²) in [5, 5.41) is 13.7. The number of ether oxygens (including phenoxy) is 2. The zero-order valence-corrected chi connectivity index (χ0v) is 14.5. The van der Waals surface area contributed by atoms with E-state index in [4.69, 9.17) is 9.47 Å². The topological polar surface area (TPSA) is 104 Å². The summed E-state index contributed by atoms with van der Waals surface area (Å²) in [7, 11) is 2.86. The third kappa shape index (κ3) is 5.08. The quantitative estimate of drug-likeness (QED) is 0.568. The Morgan fingerprint density at radius 2 is 2.12 bits per heavy atom. The number of amides is 1. The summed E-state index contributed by atoms with van der Waals surface area (Å²) in [6.07, 6.45) is 1.57. The molecular weight excluding hydrogens is 346 g/mol. The van der Waals surface area contributed by atoms with Crippen molar-refractivity contribution in [1.29, 1.82) is 0 Å². The second-order valence-electron chi connectivity index (χ2n) is 4.86. The molecule has 0 radical (unpaired) electrons. The van der Waals surface area contributed by atoms with E-state index in [1.807, 2.05) is 0 Å². The summed E-state index contributed by atoms with van der Waals surface area (Å²) in [6.45, 7) is 0. The number of anilines is 1. The van der Waals surface area contributed by atoms with Gasteiger partial charge < -0.3 is 14.8 Å². The van der Waals surface area contributed by atoms with Crippen LogP contribution in [0.25, 0.3) is 0 Å². The number of methoxy groups -OCH3 is 2. The van der Waals surface area contributed by atoms with E-state index in [1.165, 1.54) is 32.0 Å². The van der Waals surface area contributed by atoms with Crippen molar-refractivity contribution in [3.05, 3.63) is 52.2 Å². The summed E-state index contributed by atoms with van der Waals surface area (Å²) in [4.78, 5) is 26.5. The number of nitrogens with zero attached hydrogens (tertiary/aromatic N) is 2. The molecule has 1 N–H and O–H groups in total. The fourth-order valence-electron chi connectivity index (χ4n) is 2.06. The van der Waals surface area contributed by atoms with Crippen molar-refractivity contribution < 1.29 is 19.2 Å². The van der Waals surface area contributed by atoms with Gasteiger partial charge in [0.25, 0.3) is 0 Å². The Hall–Kier alpha value is -2.81. The van der Waals surface area contributed by atoms with Gasteiger partial charge in [-0.2, -0.15) is 0 Å². The van der Waals surface area contributed by atoms with Gasteiger partial charge in [-0.1, -0.05) is 6.07 Å². The van der Waals surface area contributed by atoms with E-state index in [2.05, 4.69) is 10.3 Å². The van der Waals surface area contributed by atoms with Crippen molar-refractivity contribution in [2.24, 2.45) is 0 Å². The molecule has 0 fully saturated rings. The Labute approximate surface area is 148 Å². The minimum atomic E-state index is -0.492. The van der Waals surface area contributed by atoms with Crippen LogP contribution in [0.15, 0.2) is 36.5 Å². The van der Waals surface area contributed by atoms with Gasteiger partial charge in [0, 0.05) is 18.0 Å². The van der Waals surface area contributed by atoms with E-state index in [0.29, 0.717) is 17.3 Å². The Bertz CT molecular complexity index is 769. The summed E-state index contributed by atoms with van der Waals surface area (Å²) < 4.78 is 10.0. The molecule has 0 unspecified atom stereocenters. The number of hydrogen-bond donors (Lipinski definition) is 1. The van der Waals surface area contributed by atoms with Crippen LogP contribution in [0.4, 0.5) is 11.4 Å². The average Bonchev–Trinajstić information content (AvgIpc) is 2.62. The summed E-state index contributed by atoms with van der Waals surface area (Å²) in [5.74, 6) is 0.992. The molecule has 25 heavy (non-hydrogen) atoms. The minimum absolute atomic E-state index is 0.0925. The van der Waals surface area contributed by atoms with Gasteiger partial charge in [0.15, 0.2) is 5.75 Å². The SMILES string of the molecule is COc1ccc(CSCC(=O)Nc2cccnc2OC)cc1[N+](=O)[O-]. The second-order valence-corrected chi connectivity index (χ2v) is 5.85. The van der Waals surface area contributed by atoms with Gasteiger partial charge in [0.05, 0.1) is 24.9 Å². The lowest BCUT2D eigenvalue weighted by Crippen LogP contribution is -2.15. The Balaban J connectivity index is 1.91. The highest BCUT2D eigenvalue weighted by molar-refractivity contribution is 7.99. The lowest BCUT2D eigenvalue weighted by Gasteiger charge is -2.09.